The summed E-state index contributed by atoms with van der Waals surface area (Å²) in [5.41, 5.74) is 1.11. The predicted molar refractivity (Wildman–Crippen MR) is 81.3 cm³/mol. The summed E-state index contributed by atoms with van der Waals surface area (Å²) in [6.45, 7) is 0. The topological polar surface area (TPSA) is 17.1 Å². The van der Waals surface area contributed by atoms with Crippen molar-refractivity contribution in [2.45, 2.75) is 6.42 Å². The molecule has 0 aliphatic rings. The zero-order valence-corrected chi connectivity index (χ0v) is 13.5. The second-order valence-electron chi connectivity index (χ2n) is 3.97. The van der Waals surface area contributed by atoms with Gasteiger partial charge in [0.2, 0.25) is 0 Å². The third-order valence-electron chi connectivity index (χ3n) is 2.57. The summed E-state index contributed by atoms with van der Waals surface area (Å²) in [6, 6.07) is 9.63. The molecule has 0 heterocycles. The zero-order chi connectivity index (χ0) is 14.0. The highest BCUT2D eigenvalue weighted by Crippen LogP contribution is 2.24. The van der Waals surface area contributed by atoms with E-state index in [0.29, 0.717) is 20.6 Å². The molecule has 0 saturated heterocycles. The Bertz CT molecular complexity index is 623. The van der Waals surface area contributed by atoms with Crippen LogP contribution >= 0.6 is 43.5 Å². The summed E-state index contributed by atoms with van der Waals surface area (Å²) in [5, 5.41) is 0.482. The van der Waals surface area contributed by atoms with Gasteiger partial charge >= 0.3 is 0 Å². The van der Waals surface area contributed by atoms with Crippen molar-refractivity contribution in [3.63, 3.8) is 0 Å². The molecule has 0 amide bonds. The van der Waals surface area contributed by atoms with E-state index >= 15 is 0 Å². The van der Waals surface area contributed by atoms with E-state index in [1.54, 1.807) is 30.3 Å². The van der Waals surface area contributed by atoms with Gasteiger partial charge < -0.3 is 0 Å². The first-order chi connectivity index (χ1) is 8.97. The van der Waals surface area contributed by atoms with Crippen LogP contribution in [0.5, 0.6) is 0 Å². The molecule has 1 nitrogen and oxygen atoms in total. The summed E-state index contributed by atoms with van der Waals surface area (Å²) in [4.78, 5) is 12.2. The molecular weight excluding hydrogens is 398 g/mol. The van der Waals surface area contributed by atoms with Gasteiger partial charge in [0.15, 0.2) is 5.78 Å². The molecule has 0 atom stereocenters. The Labute approximate surface area is 132 Å². The third-order valence-corrected chi connectivity index (χ3v) is 4.13. The van der Waals surface area contributed by atoms with Gasteiger partial charge in [-0.25, -0.2) is 4.39 Å². The SMILES string of the molecule is O=C(Cc1cccc(F)c1Br)c1cc(Cl)cc(Br)c1. The minimum absolute atomic E-state index is 0.116. The van der Waals surface area contributed by atoms with Crippen molar-refractivity contribution < 1.29 is 9.18 Å². The fourth-order valence-corrected chi connectivity index (χ4v) is 2.94. The molecule has 0 aliphatic heterocycles. The van der Waals surface area contributed by atoms with E-state index in [-0.39, 0.29) is 18.0 Å². The molecule has 0 spiro atoms. The first-order valence-electron chi connectivity index (χ1n) is 5.39. The molecule has 0 N–H and O–H groups in total. The number of rotatable bonds is 3. The minimum Gasteiger partial charge on any atom is -0.294 e. The van der Waals surface area contributed by atoms with E-state index in [2.05, 4.69) is 31.9 Å². The van der Waals surface area contributed by atoms with Crippen molar-refractivity contribution >= 4 is 49.2 Å². The number of carbonyl (C=O) groups excluding carboxylic acids is 1. The molecule has 98 valence electrons. The fraction of sp³-hybridized carbons (Fsp3) is 0.0714. The summed E-state index contributed by atoms with van der Waals surface area (Å²) >= 11 is 12.3. The van der Waals surface area contributed by atoms with Crippen molar-refractivity contribution in [3.05, 3.63) is 67.3 Å². The maximum Gasteiger partial charge on any atom is 0.167 e. The molecule has 0 unspecified atom stereocenters. The van der Waals surface area contributed by atoms with Gasteiger partial charge in [-0.1, -0.05) is 39.7 Å². The van der Waals surface area contributed by atoms with Crippen molar-refractivity contribution in [2.24, 2.45) is 0 Å². The number of carbonyl (C=O) groups is 1. The second kappa shape index (κ2) is 6.16. The molecule has 5 heteroatoms. The zero-order valence-electron chi connectivity index (χ0n) is 9.59. The number of benzene rings is 2. The van der Waals surface area contributed by atoms with Gasteiger partial charge in [-0.05, 0) is 45.8 Å². The average Bonchev–Trinajstić information content (AvgIpc) is 2.33. The summed E-state index contributed by atoms with van der Waals surface area (Å²) in [7, 11) is 0. The van der Waals surface area contributed by atoms with Crippen LogP contribution < -0.4 is 0 Å². The van der Waals surface area contributed by atoms with Crippen LogP contribution in [0, 0.1) is 5.82 Å². The quantitative estimate of drug-likeness (QED) is 0.621. The number of hydrogen-bond acceptors (Lipinski definition) is 1. The smallest absolute Gasteiger partial charge is 0.167 e. The predicted octanol–water partition coefficient (Wildman–Crippen LogP) is 5.43. The van der Waals surface area contributed by atoms with E-state index in [1.165, 1.54) is 6.07 Å². The molecule has 0 radical (unpaired) electrons. The first kappa shape index (κ1) is 14.7. The number of hydrogen-bond donors (Lipinski definition) is 0. The van der Waals surface area contributed by atoms with Crippen molar-refractivity contribution in [1.29, 1.82) is 0 Å². The Morgan fingerprint density at radius 1 is 1.21 bits per heavy atom. The molecular formula is C14H8Br2ClFO. The molecule has 2 aromatic carbocycles. The molecule has 2 aromatic rings. The summed E-state index contributed by atoms with van der Waals surface area (Å²) < 4.78 is 14.4. The lowest BCUT2D eigenvalue weighted by molar-refractivity contribution is 0.0992. The highest BCUT2D eigenvalue weighted by molar-refractivity contribution is 9.10. The Balaban J connectivity index is 2.28. The van der Waals surface area contributed by atoms with Crippen LogP contribution in [-0.2, 0) is 6.42 Å². The van der Waals surface area contributed by atoms with Crippen LogP contribution in [-0.4, -0.2) is 5.78 Å². The average molecular weight is 406 g/mol. The lowest BCUT2D eigenvalue weighted by atomic mass is 10.0. The largest absolute Gasteiger partial charge is 0.294 e. The monoisotopic (exact) mass is 404 g/mol. The van der Waals surface area contributed by atoms with E-state index < -0.39 is 0 Å². The van der Waals surface area contributed by atoms with Gasteiger partial charge in [0.25, 0.3) is 0 Å². The van der Waals surface area contributed by atoms with Crippen LogP contribution in [0.1, 0.15) is 15.9 Å². The minimum atomic E-state index is -0.377. The van der Waals surface area contributed by atoms with Gasteiger partial charge in [-0.3, -0.25) is 4.79 Å². The lowest BCUT2D eigenvalue weighted by Gasteiger charge is -2.06. The van der Waals surface area contributed by atoms with Crippen molar-refractivity contribution in [1.82, 2.24) is 0 Å². The van der Waals surface area contributed by atoms with E-state index in [1.807, 2.05) is 0 Å². The Kier molecular flexibility index (Phi) is 4.76. The van der Waals surface area contributed by atoms with Crippen LogP contribution in [0.15, 0.2) is 45.3 Å². The van der Waals surface area contributed by atoms with Crippen molar-refractivity contribution in [2.75, 3.05) is 0 Å². The Morgan fingerprint density at radius 2 is 1.95 bits per heavy atom. The lowest BCUT2D eigenvalue weighted by Crippen LogP contribution is -2.04. The Hall–Kier alpha value is -0.710. The molecule has 0 aliphatic carbocycles. The molecule has 0 bridgehead atoms. The fourth-order valence-electron chi connectivity index (χ4n) is 1.67. The highest BCUT2D eigenvalue weighted by Gasteiger charge is 2.12. The first-order valence-corrected chi connectivity index (χ1v) is 7.36. The van der Waals surface area contributed by atoms with Crippen LogP contribution in [0.25, 0.3) is 0 Å². The molecule has 19 heavy (non-hydrogen) atoms. The highest BCUT2D eigenvalue weighted by atomic mass is 79.9. The normalized spacial score (nSPS) is 10.5. The van der Waals surface area contributed by atoms with Gasteiger partial charge in [-0.15, -0.1) is 0 Å². The summed E-state index contributed by atoms with van der Waals surface area (Å²) in [5.74, 6) is -0.493. The van der Waals surface area contributed by atoms with Gasteiger partial charge in [0.05, 0.1) is 4.47 Å². The van der Waals surface area contributed by atoms with Crippen LogP contribution in [0.4, 0.5) is 4.39 Å². The van der Waals surface area contributed by atoms with E-state index in [4.69, 9.17) is 11.6 Å². The molecule has 0 saturated carbocycles. The molecule has 2 rings (SSSR count). The molecule has 0 aromatic heterocycles. The molecule has 0 fully saturated rings. The van der Waals surface area contributed by atoms with Gasteiger partial charge in [0.1, 0.15) is 5.82 Å². The maximum atomic E-state index is 13.4. The van der Waals surface area contributed by atoms with E-state index in [9.17, 15) is 9.18 Å². The summed E-state index contributed by atoms with van der Waals surface area (Å²) in [6.07, 6.45) is 0.116. The number of ketones is 1. The number of Topliss-reactive ketones (excluding diaryl/α,β-unsaturated/α-hetero) is 1. The van der Waals surface area contributed by atoms with Gasteiger partial charge in [-0.2, -0.15) is 0 Å². The number of halogens is 4. The van der Waals surface area contributed by atoms with Gasteiger partial charge in [0, 0.05) is 21.5 Å². The van der Waals surface area contributed by atoms with E-state index in [0.717, 1.165) is 4.47 Å². The van der Waals surface area contributed by atoms with Crippen molar-refractivity contribution in [3.8, 4) is 0 Å². The Morgan fingerprint density at radius 3 is 2.63 bits per heavy atom. The van der Waals surface area contributed by atoms with Crippen LogP contribution in [0.3, 0.4) is 0 Å². The maximum absolute atomic E-state index is 13.4. The van der Waals surface area contributed by atoms with Crippen LogP contribution in [0.2, 0.25) is 5.02 Å². The standard InChI is InChI=1S/C14H8Br2ClFO/c15-10-4-9(5-11(17)7-10)13(19)6-8-2-1-3-12(18)14(8)16/h1-5,7H,6H2. The second-order valence-corrected chi connectivity index (χ2v) is 6.12. The third kappa shape index (κ3) is 3.65.